The number of hydrogen-bond acceptors (Lipinski definition) is 3. The number of hydrogen-bond donors (Lipinski definition) is 1. The van der Waals surface area contributed by atoms with Gasteiger partial charge in [-0.05, 0) is 19.8 Å². The van der Waals surface area contributed by atoms with Crippen molar-refractivity contribution in [3.63, 3.8) is 0 Å². The smallest absolute Gasteiger partial charge is 0.309 e. The van der Waals surface area contributed by atoms with Crippen LogP contribution < -0.4 is 0 Å². The number of nitrogens with zero attached hydrogens (tertiary/aromatic N) is 3. The Kier molecular flexibility index (Phi) is 3.11. The van der Waals surface area contributed by atoms with Crippen molar-refractivity contribution < 1.29 is 14.7 Å². The maximum atomic E-state index is 12.2. The van der Waals surface area contributed by atoms with E-state index in [0.717, 1.165) is 0 Å². The van der Waals surface area contributed by atoms with Crippen molar-refractivity contribution in [2.45, 2.75) is 19.8 Å². The number of imidazole rings is 1. The number of carboxylic acid groups (broad SMARTS) is 1. The summed E-state index contributed by atoms with van der Waals surface area (Å²) in [4.78, 5) is 28.9. The molecule has 1 amide bonds. The minimum atomic E-state index is -0.782. The molecule has 2 heterocycles. The fourth-order valence-electron chi connectivity index (χ4n) is 2.14. The molecule has 0 aliphatic carbocycles. The molecule has 1 aromatic heterocycles. The zero-order valence-electron chi connectivity index (χ0n) is 10.6. The molecule has 0 unspecified atom stereocenters. The molecule has 0 saturated carbocycles. The quantitative estimate of drug-likeness (QED) is 0.841. The molecule has 1 fully saturated rings. The van der Waals surface area contributed by atoms with Gasteiger partial charge in [-0.25, -0.2) is 4.98 Å². The maximum Gasteiger partial charge on any atom is 0.309 e. The van der Waals surface area contributed by atoms with Crippen LogP contribution in [0.1, 0.15) is 30.3 Å². The highest BCUT2D eigenvalue weighted by molar-refractivity contribution is 5.92. The molecule has 1 N–H and O–H groups in total. The number of amides is 1. The molecular formula is C12H17N3O3. The Labute approximate surface area is 105 Å². The van der Waals surface area contributed by atoms with Gasteiger partial charge in [0.05, 0.1) is 17.9 Å². The summed E-state index contributed by atoms with van der Waals surface area (Å²) in [6.45, 7) is 2.70. The molecule has 0 spiro atoms. The lowest BCUT2D eigenvalue weighted by molar-refractivity contribution is -0.150. The van der Waals surface area contributed by atoms with Gasteiger partial charge in [-0.1, -0.05) is 0 Å². The third-order valence-electron chi connectivity index (χ3n) is 3.71. The van der Waals surface area contributed by atoms with Crippen molar-refractivity contribution in [2.24, 2.45) is 12.5 Å². The van der Waals surface area contributed by atoms with Crippen LogP contribution >= 0.6 is 0 Å². The molecule has 2 rings (SSSR count). The van der Waals surface area contributed by atoms with E-state index < -0.39 is 11.4 Å². The summed E-state index contributed by atoms with van der Waals surface area (Å²) in [5.41, 5.74) is -0.169. The molecule has 18 heavy (non-hydrogen) atoms. The Morgan fingerprint density at radius 2 is 2.00 bits per heavy atom. The first-order valence-corrected chi connectivity index (χ1v) is 5.93. The average Bonchev–Trinajstić information content (AvgIpc) is 2.75. The summed E-state index contributed by atoms with van der Waals surface area (Å²) in [7, 11) is 1.77. The van der Waals surface area contributed by atoms with Crippen molar-refractivity contribution in [1.29, 1.82) is 0 Å². The van der Waals surface area contributed by atoms with Gasteiger partial charge in [-0.3, -0.25) is 9.59 Å². The fourth-order valence-corrected chi connectivity index (χ4v) is 2.14. The van der Waals surface area contributed by atoms with E-state index in [2.05, 4.69) is 4.98 Å². The van der Waals surface area contributed by atoms with E-state index in [9.17, 15) is 9.59 Å². The van der Waals surface area contributed by atoms with E-state index in [4.69, 9.17) is 5.11 Å². The van der Waals surface area contributed by atoms with Crippen LogP contribution in [0.2, 0.25) is 0 Å². The van der Waals surface area contributed by atoms with E-state index in [1.165, 1.54) is 6.20 Å². The van der Waals surface area contributed by atoms with Gasteiger partial charge in [0.25, 0.3) is 5.91 Å². The van der Waals surface area contributed by atoms with Crippen LogP contribution in [0.25, 0.3) is 0 Å². The number of piperidine rings is 1. The minimum absolute atomic E-state index is 0.0811. The van der Waals surface area contributed by atoms with Crippen LogP contribution in [0.15, 0.2) is 12.5 Å². The van der Waals surface area contributed by atoms with E-state index in [0.29, 0.717) is 31.6 Å². The van der Waals surface area contributed by atoms with Crippen LogP contribution in [0.4, 0.5) is 0 Å². The first-order valence-electron chi connectivity index (χ1n) is 5.93. The largest absolute Gasteiger partial charge is 0.481 e. The first kappa shape index (κ1) is 12.6. The predicted molar refractivity (Wildman–Crippen MR) is 64.1 cm³/mol. The second-order valence-corrected chi connectivity index (χ2v) is 5.05. The van der Waals surface area contributed by atoms with Gasteiger partial charge >= 0.3 is 5.97 Å². The van der Waals surface area contributed by atoms with Gasteiger partial charge in [0.2, 0.25) is 0 Å². The maximum absolute atomic E-state index is 12.2. The highest BCUT2D eigenvalue weighted by Crippen LogP contribution is 2.31. The van der Waals surface area contributed by atoms with Crippen LogP contribution in [0.3, 0.4) is 0 Å². The van der Waals surface area contributed by atoms with Crippen LogP contribution in [-0.2, 0) is 11.8 Å². The molecular weight excluding hydrogens is 234 g/mol. The normalized spacial score (nSPS) is 18.7. The third-order valence-corrected chi connectivity index (χ3v) is 3.71. The lowest BCUT2D eigenvalue weighted by atomic mass is 9.80. The number of aliphatic carboxylic acids is 1. The summed E-state index contributed by atoms with van der Waals surface area (Å²) >= 11 is 0. The minimum Gasteiger partial charge on any atom is -0.481 e. The van der Waals surface area contributed by atoms with Gasteiger partial charge in [-0.2, -0.15) is 0 Å². The SMILES string of the molecule is Cn1cncc1C(=O)N1CCC(C)(C(=O)O)CC1. The second-order valence-electron chi connectivity index (χ2n) is 5.05. The van der Waals surface area contributed by atoms with E-state index in [1.807, 2.05) is 0 Å². The average molecular weight is 251 g/mol. The summed E-state index contributed by atoms with van der Waals surface area (Å²) < 4.78 is 1.67. The lowest BCUT2D eigenvalue weighted by Gasteiger charge is -2.36. The first-order chi connectivity index (χ1) is 8.44. The zero-order chi connectivity index (χ0) is 13.3. The van der Waals surface area contributed by atoms with Crippen molar-refractivity contribution >= 4 is 11.9 Å². The fraction of sp³-hybridized carbons (Fsp3) is 0.583. The van der Waals surface area contributed by atoms with Gasteiger partial charge in [-0.15, -0.1) is 0 Å². The Balaban J connectivity index is 2.05. The van der Waals surface area contributed by atoms with E-state index in [1.54, 1.807) is 29.8 Å². The van der Waals surface area contributed by atoms with Crippen molar-refractivity contribution in [3.05, 3.63) is 18.2 Å². The number of carbonyl (C=O) groups excluding carboxylic acids is 1. The Hall–Kier alpha value is -1.85. The van der Waals surface area contributed by atoms with Crippen molar-refractivity contribution in [2.75, 3.05) is 13.1 Å². The number of carboxylic acids is 1. The topological polar surface area (TPSA) is 75.4 Å². The van der Waals surface area contributed by atoms with Gasteiger partial charge in [0.15, 0.2) is 0 Å². The Morgan fingerprint density at radius 1 is 1.39 bits per heavy atom. The van der Waals surface area contributed by atoms with E-state index >= 15 is 0 Å². The molecule has 1 aromatic rings. The zero-order valence-corrected chi connectivity index (χ0v) is 10.6. The molecule has 0 aromatic carbocycles. The Bertz CT molecular complexity index is 473. The number of rotatable bonds is 2. The molecule has 1 aliphatic heterocycles. The van der Waals surface area contributed by atoms with Crippen molar-refractivity contribution in [1.82, 2.24) is 14.5 Å². The molecule has 0 radical (unpaired) electrons. The van der Waals surface area contributed by atoms with Crippen LogP contribution in [0.5, 0.6) is 0 Å². The summed E-state index contributed by atoms with van der Waals surface area (Å²) in [5.74, 6) is -0.863. The summed E-state index contributed by atoms with van der Waals surface area (Å²) in [6.07, 6.45) is 4.10. The summed E-state index contributed by atoms with van der Waals surface area (Å²) in [5, 5.41) is 9.13. The predicted octanol–water partition coefficient (Wildman–Crippen LogP) is 0.747. The lowest BCUT2D eigenvalue weighted by Crippen LogP contribution is -2.45. The third kappa shape index (κ3) is 2.10. The van der Waals surface area contributed by atoms with Gasteiger partial charge in [0, 0.05) is 20.1 Å². The molecule has 1 saturated heterocycles. The molecule has 98 valence electrons. The highest BCUT2D eigenvalue weighted by Gasteiger charge is 2.38. The summed E-state index contributed by atoms with van der Waals surface area (Å²) in [6, 6.07) is 0. The van der Waals surface area contributed by atoms with Gasteiger partial charge < -0.3 is 14.6 Å². The van der Waals surface area contributed by atoms with Crippen LogP contribution in [0, 0.1) is 5.41 Å². The monoisotopic (exact) mass is 251 g/mol. The molecule has 6 nitrogen and oxygen atoms in total. The number of aryl methyl sites for hydroxylation is 1. The second kappa shape index (κ2) is 4.44. The molecule has 1 aliphatic rings. The molecule has 6 heteroatoms. The van der Waals surface area contributed by atoms with E-state index in [-0.39, 0.29) is 5.91 Å². The number of likely N-dealkylation sites (tertiary alicyclic amines) is 1. The molecule has 0 bridgehead atoms. The highest BCUT2D eigenvalue weighted by atomic mass is 16.4. The van der Waals surface area contributed by atoms with Crippen molar-refractivity contribution in [3.8, 4) is 0 Å². The van der Waals surface area contributed by atoms with Crippen LogP contribution in [-0.4, -0.2) is 44.5 Å². The molecule has 0 atom stereocenters. The standard InChI is InChI=1S/C12H17N3O3/c1-12(11(17)18)3-5-15(6-4-12)10(16)9-7-13-8-14(9)2/h7-8H,3-6H2,1-2H3,(H,17,18). The number of aromatic nitrogens is 2. The Morgan fingerprint density at radius 3 is 2.44 bits per heavy atom. The number of carbonyl (C=O) groups is 2. The van der Waals surface area contributed by atoms with Gasteiger partial charge in [0.1, 0.15) is 5.69 Å².